The van der Waals surface area contributed by atoms with Crippen LogP contribution in [0.4, 0.5) is 0 Å². The van der Waals surface area contributed by atoms with Crippen molar-refractivity contribution in [3.63, 3.8) is 0 Å². The first-order valence-corrected chi connectivity index (χ1v) is 37.5. The molecule has 0 heterocycles. The molecule has 6 heteroatoms. The molecule has 0 N–H and O–H groups in total. The largest absolute Gasteiger partial charge is 0.462 e. The first kappa shape index (κ1) is 80.6. The lowest BCUT2D eigenvalue weighted by Gasteiger charge is -2.18. The summed E-state index contributed by atoms with van der Waals surface area (Å²) in [5, 5.41) is 0. The Bertz CT molecular complexity index is 1380. The standard InChI is InChI=1S/C77H144O6/c1-4-7-10-13-16-19-22-25-28-31-33-34-35-36-37-38-39-40-41-42-43-44-45-47-49-52-55-58-61-64-67-70-76(79)82-73-74(72-81-75(78)69-66-63-60-57-54-51-48-30-27-24-21-18-15-12-9-6-3)83-77(80)71-68-65-62-59-56-53-50-46-32-29-26-23-20-17-14-11-8-5-2/h22,25,29,31-33,74H,4-21,23-24,26-28,30,34-73H2,1-3H3/b25-22-,32-29-,33-31-. The molecule has 0 spiro atoms. The Morgan fingerprint density at radius 3 is 0.675 bits per heavy atom. The molecule has 488 valence electrons. The van der Waals surface area contributed by atoms with Gasteiger partial charge in [-0.1, -0.05) is 359 Å². The van der Waals surface area contributed by atoms with Gasteiger partial charge in [0.1, 0.15) is 13.2 Å². The minimum atomic E-state index is -0.772. The monoisotopic (exact) mass is 1170 g/mol. The van der Waals surface area contributed by atoms with Gasteiger partial charge in [0.25, 0.3) is 0 Å². The molecule has 0 aromatic rings. The number of allylic oxidation sites excluding steroid dienone is 6. The summed E-state index contributed by atoms with van der Waals surface area (Å²) in [6, 6.07) is 0. The second-order valence-electron chi connectivity index (χ2n) is 25.6. The first-order chi connectivity index (χ1) is 41.0. The van der Waals surface area contributed by atoms with E-state index in [1.165, 1.54) is 315 Å². The first-order valence-electron chi connectivity index (χ1n) is 37.5. The van der Waals surface area contributed by atoms with Crippen LogP contribution in [0.3, 0.4) is 0 Å². The highest BCUT2D eigenvalue weighted by atomic mass is 16.6. The fraction of sp³-hybridized carbons (Fsp3) is 0.883. The Hall–Kier alpha value is -2.37. The molecule has 0 aliphatic heterocycles. The van der Waals surface area contributed by atoms with Gasteiger partial charge in [0, 0.05) is 19.3 Å². The van der Waals surface area contributed by atoms with E-state index in [2.05, 4.69) is 57.2 Å². The zero-order chi connectivity index (χ0) is 59.9. The van der Waals surface area contributed by atoms with Gasteiger partial charge in [-0.25, -0.2) is 0 Å². The zero-order valence-corrected chi connectivity index (χ0v) is 56.2. The van der Waals surface area contributed by atoms with Crippen LogP contribution in [-0.4, -0.2) is 37.2 Å². The van der Waals surface area contributed by atoms with E-state index in [-0.39, 0.29) is 31.1 Å². The van der Waals surface area contributed by atoms with Crippen molar-refractivity contribution in [1.29, 1.82) is 0 Å². The number of esters is 3. The highest BCUT2D eigenvalue weighted by Gasteiger charge is 2.20. The summed E-state index contributed by atoms with van der Waals surface area (Å²) in [6.07, 6.45) is 90.4. The number of rotatable bonds is 70. The lowest BCUT2D eigenvalue weighted by molar-refractivity contribution is -0.167. The fourth-order valence-corrected chi connectivity index (χ4v) is 11.5. The molecule has 0 aliphatic carbocycles. The molecule has 0 aliphatic rings. The molecule has 0 bridgehead atoms. The Labute approximate surface area is 518 Å². The summed E-state index contributed by atoms with van der Waals surface area (Å²) in [5.41, 5.74) is 0. The Kier molecular flexibility index (Phi) is 70.0. The Morgan fingerprint density at radius 2 is 0.434 bits per heavy atom. The van der Waals surface area contributed by atoms with E-state index in [0.29, 0.717) is 19.3 Å². The van der Waals surface area contributed by atoms with Crippen molar-refractivity contribution < 1.29 is 28.6 Å². The van der Waals surface area contributed by atoms with Crippen LogP contribution in [0.25, 0.3) is 0 Å². The van der Waals surface area contributed by atoms with Crippen LogP contribution in [0.15, 0.2) is 36.5 Å². The average molecular weight is 1170 g/mol. The SMILES string of the molecule is CCCCCCC/C=C\C/C=C\CCCCCCCCCCCCCCCCCCCCCC(=O)OCC(COC(=O)CCCCCCCCCCCCCCCCCC)OC(=O)CCCCCCCCC/C=C\CCCCCCCCC. The molecular weight excluding hydrogens is 1020 g/mol. The van der Waals surface area contributed by atoms with E-state index < -0.39 is 6.10 Å². The molecule has 0 amide bonds. The second kappa shape index (κ2) is 72.1. The molecule has 0 saturated carbocycles. The van der Waals surface area contributed by atoms with Gasteiger partial charge in [-0.2, -0.15) is 0 Å². The maximum atomic E-state index is 13.0. The van der Waals surface area contributed by atoms with Crippen LogP contribution >= 0.6 is 0 Å². The number of carbonyl (C=O) groups excluding carboxylic acids is 3. The highest BCUT2D eigenvalue weighted by Crippen LogP contribution is 2.19. The van der Waals surface area contributed by atoms with E-state index >= 15 is 0 Å². The van der Waals surface area contributed by atoms with Crippen LogP contribution < -0.4 is 0 Å². The van der Waals surface area contributed by atoms with E-state index in [1.54, 1.807) is 0 Å². The summed E-state index contributed by atoms with van der Waals surface area (Å²) in [4.78, 5) is 38.5. The summed E-state index contributed by atoms with van der Waals surface area (Å²) in [7, 11) is 0. The predicted molar refractivity (Wildman–Crippen MR) is 362 cm³/mol. The van der Waals surface area contributed by atoms with Crippen LogP contribution in [0.2, 0.25) is 0 Å². The summed E-state index contributed by atoms with van der Waals surface area (Å²) >= 11 is 0. The van der Waals surface area contributed by atoms with Crippen molar-refractivity contribution >= 4 is 17.9 Å². The maximum Gasteiger partial charge on any atom is 0.306 e. The summed E-state index contributed by atoms with van der Waals surface area (Å²) in [5.74, 6) is -0.838. The number of hydrogen-bond acceptors (Lipinski definition) is 6. The van der Waals surface area contributed by atoms with Crippen LogP contribution in [0, 0.1) is 0 Å². The van der Waals surface area contributed by atoms with Gasteiger partial charge < -0.3 is 14.2 Å². The van der Waals surface area contributed by atoms with Crippen LogP contribution in [-0.2, 0) is 28.6 Å². The molecule has 83 heavy (non-hydrogen) atoms. The quantitative estimate of drug-likeness (QED) is 0.0261. The summed E-state index contributed by atoms with van der Waals surface area (Å²) < 4.78 is 17.0. The van der Waals surface area contributed by atoms with Gasteiger partial charge in [0.15, 0.2) is 6.10 Å². The average Bonchev–Trinajstić information content (AvgIpc) is 3.49. The smallest absolute Gasteiger partial charge is 0.306 e. The topological polar surface area (TPSA) is 78.9 Å². The third-order valence-corrected chi connectivity index (χ3v) is 17.1. The molecular formula is C77H144O6. The fourth-order valence-electron chi connectivity index (χ4n) is 11.5. The van der Waals surface area contributed by atoms with Gasteiger partial charge in [0.05, 0.1) is 0 Å². The third-order valence-electron chi connectivity index (χ3n) is 17.1. The third kappa shape index (κ3) is 70.3. The minimum Gasteiger partial charge on any atom is -0.462 e. The lowest BCUT2D eigenvalue weighted by Crippen LogP contribution is -2.30. The van der Waals surface area contributed by atoms with E-state index in [9.17, 15) is 14.4 Å². The second-order valence-corrected chi connectivity index (χ2v) is 25.6. The minimum absolute atomic E-state index is 0.0672. The van der Waals surface area contributed by atoms with Crippen LogP contribution in [0.1, 0.15) is 419 Å². The van der Waals surface area contributed by atoms with Crippen molar-refractivity contribution in [2.75, 3.05) is 13.2 Å². The van der Waals surface area contributed by atoms with E-state index in [0.717, 1.165) is 64.2 Å². The van der Waals surface area contributed by atoms with Crippen molar-refractivity contribution in [3.05, 3.63) is 36.5 Å². The van der Waals surface area contributed by atoms with Crippen molar-refractivity contribution in [2.45, 2.75) is 425 Å². The van der Waals surface area contributed by atoms with Gasteiger partial charge in [-0.05, 0) is 77.0 Å². The van der Waals surface area contributed by atoms with E-state index in [4.69, 9.17) is 14.2 Å². The normalized spacial score (nSPS) is 12.2. The molecule has 6 nitrogen and oxygen atoms in total. The molecule has 0 fully saturated rings. The van der Waals surface area contributed by atoms with Crippen molar-refractivity contribution in [1.82, 2.24) is 0 Å². The molecule has 1 unspecified atom stereocenters. The molecule has 0 aromatic heterocycles. The molecule has 0 radical (unpaired) electrons. The zero-order valence-electron chi connectivity index (χ0n) is 56.2. The van der Waals surface area contributed by atoms with Crippen molar-refractivity contribution in [3.8, 4) is 0 Å². The predicted octanol–water partition coefficient (Wildman–Crippen LogP) is 25.9. The van der Waals surface area contributed by atoms with Crippen molar-refractivity contribution in [2.24, 2.45) is 0 Å². The van der Waals surface area contributed by atoms with Gasteiger partial charge in [-0.15, -0.1) is 0 Å². The van der Waals surface area contributed by atoms with Gasteiger partial charge in [-0.3, -0.25) is 14.4 Å². The van der Waals surface area contributed by atoms with Gasteiger partial charge >= 0.3 is 17.9 Å². The Morgan fingerprint density at radius 1 is 0.241 bits per heavy atom. The lowest BCUT2D eigenvalue weighted by atomic mass is 10.0. The molecule has 0 rings (SSSR count). The number of unbranched alkanes of at least 4 members (excludes halogenated alkanes) is 53. The number of hydrogen-bond donors (Lipinski definition) is 0. The highest BCUT2D eigenvalue weighted by molar-refractivity contribution is 5.71. The molecule has 0 saturated heterocycles. The van der Waals surface area contributed by atoms with E-state index in [1.807, 2.05) is 0 Å². The molecule has 1 atom stereocenters. The van der Waals surface area contributed by atoms with Crippen LogP contribution in [0.5, 0.6) is 0 Å². The number of ether oxygens (including phenoxy) is 3. The Balaban J connectivity index is 4.19. The maximum absolute atomic E-state index is 13.0. The molecule has 0 aromatic carbocycles. The summed E-state index contributed by atoms with van der Waals surface area (Å²) in [6.45, 7) is 6.71. The number of carbonyl (C=O) groups is 3. The van der Waals surface area contributed by atoms with Gasteiger partial charge in [0.2, 0.25) is 0 Å².